The number of alkyl halides is 3. The van der Waals surface area contributed by atoms with E-state index in [-0.39, 0.29) is 5.56 Å². The molecule has 0 aliphatic rings. The monoisotopic (exact) mass is 194 g/mol. The Labute approximate surface area is 71.4 Å². The van der Waals surface area contributed by atoms with Crippen molar-refractivity contribution in [3.05, 3.63) is 23.1 Å². The largest absolute Gasteiger partial charge is 0.433 e. The molecule has 2 nitrogen and oxygen atoms in total. The van der Waals surface area contributed by atoms with E-state index in [2.05, 4.69) is 4.98 Å². The Balaban J connectivity index is 3.29. The van der Waals surface area contributed by atoms with Gasteiger partial charge in [0, 0.05) is 11.6 Å². The Morgan fingerprint density at radius 1 is 1.38 bits per heavy atom. The molecule has 0 aliphatic carbocycles. The number of nitrogens with two attached hydrogens (primary N) is 1. The van der Waals surface area contributed by atoms with Gasteiger partial charge in [0.2, 0.25) is 0 Å². The molecule has 0 radical (unpaired) electrons. The van der Waals surface area contributed by atoms with E-state index in [0.29, 0.717) is 6.07 Å². The van der Waals surface area contributed by atoms with Gasteiger partial charge in [-0.2, -0.15) is 13.2 Å². The Hall–Kier alpha value is -1.33. The maximum absolute atomic E-state index is 12.8. The molecule has 1 aromatic heterocycles. The molecule has 0 saturated carbocycles. The first-order valence-corrected chi connectivity index (χ1v) is 3.32. The molecule has 2 N–H and O–H groups in total. The van der Waals surface area contributed by atoms with Gasteiger partial charge in [0.25, 0.3) is 0 Å². The Bertz CT molecular complexity index is 309. The number of halogens is 4. The summed E-state index contributed by atoms with van der Waals surface area (Å²) in [6.45, 7) is 1.26. The third kappa shape index (κ3) is 1.88. The van der Waals surface area contributed by atoms with E-state index in [1.54, 1.807) is 0 Å². The quantitative estimate of drug-likeness (QED) is 0.642. The van der Waals surface area contributed by atoms with Crippen molar-refractivity contribution in [3.63, 3.8) is 0 Å². The lowest BCUT2D eigenvalue weighted by Gasteiger charge is -2.08. The Morgan fingerprint density at radius 3 is 2.31 bits per heavy atom. The fraction of sp³-hybridized carbons (Fsp3) is 0.286. The topological polar surface area (TPSA) is 38.9 Å². The highest BCUT2D eigenvalue weighted by Crippen LogP contribution is 2.29. The van der Waals surface area contributed by atoms with Gasteiger partial charge in [0.05, 0.1) is 0 Å². The van der Waals surface area contributed by atoms with Crippen molar-refractivity contribution >= 4 is 5.82 Å². The average Bonchev–Trinajstić information content (AvgIpc) is 1.97. The maximum Gasteiger partial charge on any atom is 0.433 e. The molecule has 0 spiro atoms. The van der Waals surface area contributed by atoms with Crippen molar-refractivity contribution in [2.75, 3.05) is 5.73 Å². The summed E-state index contributed by atoms with van der Waals surface area (Å²) >= 11 is 0. The summed E-state index contributed by atoms with van der Waals surface area (Å²) in [4.78, 5) is 3.02. The highest BCUT2D eigenvalue weighted by molar-refractivity contribution is 5.40. The third-order valence-corrected chi connectivity index (χ3v) is 1.54. The summed E-state index contributed by atoms with van der Waals surface area (Å²) in [6.07, 6.45) is -4.66. The Kier molecular flexibility index (Phi) is 2.15. The number of aromatic nitrogens is 1. The molecular formula is C7H6F4N2. The minimum absolute atomic E-state index is 0.0759. The zero-order chi connectivity index (χ0) is 10.2. The summed E-state index contributed by atoms with van der Waals surface area (Å²) in [7, 11) is 0. The van der Waals surface area contributed by atoms with E-state index in [0.717, 1.165) is 0 Å². The van der Waals surface area contributed by atoms with Crippen LogP contribution in [0.5, 0.6) is 0 Å². The van der Waals surface area contributed by atoms with E-state index in [1.807, 2.05) is 0 Å². The number of nitrogens with zero attached hydrogens (tertiary/aromatic N) is 1. The molecule has 72 valence electrons. The van der Waals surface area contributed by atoms with Gasteiger partial charge in [-0.1, -0.05) is 0 Å². The summed E-state index contributed by atoms with van der Waals surface area (Å²) in [5.41, 5.74) is 3.68. The zero-order valence-corrected chi connectivity index (χ0v) is 6.61. The lowest BCUT2D eigenvalue weighted by atomic mass is 10.2. The molecule has 1 rings (SSSR count). The molecule has 0 unspecified atom stereocenters. The molecular weight excluding hydrogens is 188 g/mol. The average molecular weight is 194 g/mol. The van der Waals surface area contributed by atoms with E-state index in [4.69, 9.17) is 5.73 Å². The number of nitrogen functional groups attached to an aromatic ring is 1. The molecule has 0 saturated heterocycles. The second-order valence-corrected chi connectivity index (χ2v) is 2.50. The van der Waals surface area contributed by atoms with Crippen molar-refractivity contribution in [2.24, 2.45) is 0 Å². The van der Waals surface area contributed by atoms with E-state index >= 15 is 0 Å². The fourth-order valence-corrected chi connectivity index (χ4v) is 0.742. The number of hydrogen-bond acceptors (Lipinski definition) is 2. The molecule has 1 heterocycles. The van der Waals surface area contributed by atoms with Crippen molar-refractivity contribution in [2.45, 2.75) is 13.1 Å². The molecule has 1 aromatic rings. The number of pyridine rings is 1. The van der Waals surface area contributed by atoms with Crippen molar-refractivity contribution in [1.82, 2.24) is 4.98 Å². The van der Waals surface area contributed by atoms with Gasteiger partial charge in [0.15, 0.2) is 0 Å². The van der Waals surface area contributed by atoms with E-state index in [9.17, 15) is 17.6 Å². The molecule has 13 heavy (non-hydrogen) atoms. The first kappa shape index (κ1) is 9.76. The minimum atomic E-state index is -4.66. The standard InChI is InChI=1S/C7H6F4N2/c1-3-4(8)2-5(7(9,10)11)13-6(3)12/h2H,1H3,(H2,12,13). The van der Waals surface area contributed by atoms with Crippen LogP contribution in [0.4, 0.5) is 23.4 Å². The van der Waals surface area contributed by atoms with Crippen LogP contribution >= 0.6 is 0 Å². The van der Waals surface area contributed by atoms with Crippen LogP contribution < -0.4 is 5.73 Å². The van der Waals surface area contributed by atoms with Crippen LogP contribution in [0, 0.1) is 12.7 Å². The summed E-state index contributed by atoms with van der Waals surface area (Å²) in [5, 5.41) is 0. The second-order valence-electron chi connectivity index (χ2n) is 2.50. The van der Waals surface area contributed by atoms with Gasteiger partial charge >= 0.3 is 6.18 Å². The smallest absolute Gasteiger partial charge is 0.383 e. The van der Waals surface area contributed by atoms with Crippen LogP contribution in [0.15, 0.2) is 6.07 Å². The molecule has 0 atom stereocenters. The van der Waals surface area contributed by atoms with Gasteiger partial charge in [-0.15, -0.1) is 0 Å². The first-order chi connectivity index (χ1) is 5.82. The summed E-state index contributed by atoms with van der Waals surface area (Å²) < 4.78 is 48.7. The molecule has 0 fully saturated rings. The van der Waals surface area contributed by atoms with Gasteiger partial charge in [-0.25, -0.2) is 9.37 Å². The van der Waals surface area contributed by atoms with Gasteiger partial charge in [-0.05, 0) is 6.92 Å². The summed E-state index contributed by atoms with van der Waals surface area (Å²) in [5.74, 6) is -1.44. The predicted octanol–water partition coefficient (Wildman–Crippen LogP) is 2.13. The van der Waals surface area contributed by atoms with Gasteiger partial charge in [-0.3, -0.25) is 0 Å². The predicted molar refractivity (Wildman–Crippen MR) is 38.3 cm³/mol. The van der Waals surface area contributed by atoms with E-state index < -0.39 is 23.5 Å². The van der Waals surface area contributed by atoms with Crippen LogP contribution in [0.3, 0.4) is 0 Å². The summed E-state index contributed by atoms with van der Waals surface area (Å²) in [6, 6.07) is 0.325. The van der Waals surface area contributed by atoms with Crippen LogP contribution in [0.1, 0.15) is 11.3 Å². The van der Waals surface area contributed by atoms with Gasteiger partial charge in [0.1, 0.15) is 17.3 Å². The van der Waals surface area contributed by atoms with Gasteiger partial charge < -0.3 is 5.73 Å². The van der Waals surface area contributed by atoms with Crippen LogP contribution in [-0.2, 0) is 6.18 Å². The van der Waals surface area contributed by atoms with E-state index in [1.165, 1.54) is 6.92 Å². The molecule has 0 aromatic carbocycles. The number of hydrogen-bond donors (Lipinski definition) is 1. The van der Waals surface area contributed by atoms with Crippen molar-refractivity contribution in [3.8, 4) is 0 Å². The number of anilines is 1. The van der Waals surface area contributed by atoms with Crippen LogP contribution in [0.2, 0.25) is 0 Å². The molecule has 6 heteroatoms. The normalized spacial score (nSPS) is 11.8. The van der Waals surface area contributed by atoms with Crippen molar-refractivity contribution < 1.29 is 17.6 Å². The second kappa shape index (κ2) is 2.86. The molecule has 0 aliphatic heterocycles. The highest BCUT2D eigenvalue weighted by atomic mass is 19.4. The lowest BCUT2D eigenvalue weighted by molar-refractivity contribution is -0.141. The highest BCUT2D eigenvalue weighted by Gasteiger charge is 2.33. The van der Waals surface area contributed by atoms with Crippen LogP contribution in [0.25, 0.3) is 0 Å². The van der Waals surface area contributed by atoms with Crippen molar-refractivity contribution in [1.29, 1.82) is 0 Å². The SMILES string of the molecule is Cc1c(F)cc(C(F)(F)F)nc1N. The fourth-order valence-electron chi connectivity index (χ4n) is 0.742. The third-order valence-electron chi connectivity index (χ3n) is 1.54. The molecule has 0 amide bonds. The zero-order valence-electron chi connectivity index (χ0n) is 6.61. The molecule has 0 bridgehead atoms. The number of rotatable bonds is 0. The Morgan fingerprint density at radius 2 is 1.92 bits per heavy atom. The first-order valence-electron chi connectivity index (χ1n) is 3.32. The lowest BCUT2D eigenvalue weighted by Crippen LogP contribution is -2.11. The minimum Gasteiger partial charge on any atom is -0.383 e. The van der Waals surface area contributed by atoms with Crippen LogP contribution in [-0.4, -0.2) is 4.98 Å². The maximum atomic E-state index is 12.8.